The van der Waals surface area contributed by atoms with E-state index in [9.17, 15) is 9.59 Å². The number of ether oxygens (including phenoxy) is 1. The molecule has 134 valence electrons. The van der Waals surface area contributed by atoms with Crippen LogP contribution in [0, 0.1) is 0 Å². The Morgan fingerprint density at radius 2 is 1.70 bits per heavy atom. The Balaban J connectivity index is 2.59. The number of alkyl carbamates (subject to hydrolysis) is 1. The SMILES string of the molecule is CC(C)(C)OC(=O)NCCN(C(=O)C(C)(C)Br)C1CCCCC1. The van der Waals surface area contributed by atoms with E-state index >= 15 is 0 Å². The number of halogens is 1. The van der Waals surface area contributed by atoms with Crippen LogP contribution in [0.15, 0.2) is 0 Å². The first-order valence-corrected chi connectivity index (χ1v) is 9.27. The molecule has 1 rings (SSSR count). The Bertz CT molecular complexity index is 407. The normalized spacial score (nSPS) is 16.8. The van der Waals surface area contributed by atoms with Gasteiger partial charge in [0.25, 0.3) is 0 Å². The molecule has 0 radical (unpaired) electrons. The third-order valence-electron chi connectivity index (χ3n) is 3.81. The van der Waals surface area contributed by atoms with E-state index in [1.165, 1.54) is 6.42 Å². The number of hydrogen-bond acceptors (Lipinski definition) is 3. The van der Waals surface area contributed by atoms with Crippen LogP contribution in [0.4, 0.5) is 4.79 Å². The van der Waals surface area contributed by atoms with Crippen LogP contribution in [0.25, 0.3) is 0 Å². The van der Waals surface area contributed by atoms with Gasteiger partial charge >= 0.3 is 6.09 Å². The van der Waals surface area contributed by atoms with Crippen LogP contribution < -0.4 is 5.32 Å². The number of nitrogens with one attached hydrogen (secondary N) is 1. The maximum absolute atomic E-state index is 12.7. The summed E-state index contributed by atoms with van der Waals surface area (Å²) in [6.07, 6.45) is 5.22. The molecule has 0 atom stereocenters. The van der Waals surface area contributed by atoms with Crippen molar-refractivity contribution in [3.63, 3.8) is 0 Å². The Morgan fingerprint density at radius 3 is 2.17 bits per heavy atom. The predicted molar refractivity (Wildman–Crippen MR) is 95.8 cm³/mol. The summed E-state index contributed by atoms with van der Waals surface area (Å²) < 4.78 is 4.64. The van der Waals surface area contributed by atoms with Crippen molar-refractivity contribution in [2.75, 3.05) is 13.1 Å². The van der Waals surface area contributed by atoms with Gasteiger partial charge in [0, 0.05) is 19.1 Å². The van der Waals surface area contributed by atoms with Gasteiger partial charge in [-0.1, -0.05) is 35.2 Å². The molecular weight excluding hydrogens is 360 g/mol. The van der Waals surface area contributed by atoms with Crippen molar-refractivity contribution in [3.8, 4) is 0 Å². The molecule has 2 amide bonds. The molecule has 0 aromatic rings. The fraction of sp³-hybridized carbons (Fsp3) is 0.882. The van der Waals surface area contributed by atoms with Gasteiger partial charge in [-0.15, -0.1) is 0 Å². The lowest BCUT2D eigenvalue weighted by molar-refractivity contribution is -0.135. The third kappa shape index (κ3) is 7.55. The average molecular weight is 391 g/mol. The Morgan fingerprint density at radius 1 is 1.13 bits per heavy atom. The van der Waals surface area contributed by atoms with Crippen molar-refractivity contribution in [2.45, 2.75) is 82.7 Å². The quantitative estimate of drug-likeness (QED) is 0.725. The first-order chi connectivity index (χ1) is 10.5. The molecule has 1 saturated carbocycles. The second kappa shape index (κ2) is 8.36. The van der Waals surface area contributed by atoms with Gasteiger partial charge in [-0.2, -0.15) is 0 Å². The van der Waals surface area contributed by atoms with Crippen LogP contribution >= 0.6 is 15.9 Å². The number of rotatable bonds is 5. The van der Waals surface area contributed by atoms with Gasteiger partial charge in [0.05, 0.1) is 4.32 Å². The van der Waals surface area contributed by atoms with Crippen molar-refractivity contribution in [1.82, 2.24) is 10.2 Å². The highest BCUT2D eigenvalue weighted by Gasteiger charge is 2.33. The highest BCUT2D eigenvalue weighted by molar-refractivity contribution is 9.10. The highest BCUT2D eigenvalue weighted by atomic mass is 79.9. The lowest BCUT2D eigenvalue weighted by atomic mass is 9.93. The topological polar surface area (TPSA) is 58.6 Å². The van der Waals surface area contributed by atoms with E-state index in [0.29, 0.717) is 13.1 Å². The summed E-state index contributed by atoms with van der Waals surface area (Å²) >= 11 is 3.47. The average Bonchev–Trinajstić information content (AvgIpc) is 2.41. The third-order valence-corrected chi connectivity index (χ3v) is 4.15. The standard InChI is InChI=1S/C17H31BrN2O3/c1-16(2,3)23-15(22)19-11-12-20(14(21)17(4,5)18)13-9-7-6-8-10-13/h13H,6-12H2,1-5H3,(H,19,22). The van der Waals surface area contributed by atoms with E-state index in [1.54, 1.807) is 0 Å². The van der Waals surface area contributed by atoms with E-state index < -0.39 is 16.0 Å². The first kappa shape index (κ1) is 20.3. The summed E-state index contributed by atoms with van der Waals surface area (Å²) in [6, 6.07) is 0.272. The molecule has 0 heterocycles. The lowest BCUT2D eigenvalue weighted by Crippen LogP contribution is -2.51. The zero-order chi connectivity index (χ0) is 17.7. The molecule has 0 aromatic carbocycles. The zero-order valence-electron chi connectivity index (χ0n) is 15.1. The molecule has 5 nitrogen and oxygen atoms in total. The predicted octanol–water partition coefficient (Wildman–Crippen LogP) is 3.85. The zero-order valence-corrected chi connectivity index (χ0v) is 16.7. The maximum Gasteiger partial charge on any atom is 0.407 e. The Kier molecular flexibility index (Phi) is 7.36. The number of carbonyl (C=O) groups excluding carboxylic acids is 2. The molecule has 1 aliphatic carbocycles. The molecule has 0 unspecified atom stereocenters. The molecule has 0 saturated heterocycles. The number of nitrogens with zero attached hydrogens (tertiary/aromatic N) is 1. The summed E-state index contributed by atoms with van der Waals surface area (Å²) in [7, 11) is 0. The van der Waals surface area contributed by atoms with Crippen LogP contribution in [0.5, 0.6) is 0 Å². The molecule has 1 aliphatic rings. The lowest BCUT2D eigenvalue weighted by Gasteiger charge is -2.37. The first-order valence-electron chi connectivity index (χ1n) is 8.47. The summed E-state index contributed by atoms with van der Waals surface area (Å²) in [5.41, 5.74) is -0.513. The number of alkyl halides is 1. The maximum atomic E-state index is 12.7. The second-order valence-corrected chi connectivity index (χ2v) is 9.67. The molecule has 1 N–H and O–H groups in total. The van der Waals surface area contributed by atoms with Gasteiger partial charge in [-0.3, -0.25) is 4.79 Å². The summed E-state index contributed by atoms with van der Waals surface area (Å²) in [5, 5.41) is 2.74. The van der Waals surface area contributed by atoms with E-state index in [4.69, 9.17) is 4.74 Å². The van der Waals surface area contributed by atoms with Gasteiger partial charge < -0.3 is 15.0 Å². The van der Waals surface area contributed by atoms with Crippen molar-refractivity contribution in [3.05, 3.63) is 0 Å². The highest BCUT2D eigenvalue weighted by Crippen LogP contribution is 2.27. The minimum atomic E-state index is -0.587. The molecule has 1 fully saturated rings. The van der Waals surface area contributed by atoms with Crippen molar-refractivity contribution < 1.29 is 14.3 Å². The summed E-state index contributed by atoms with van der Waals surface area (Å²) in [5.74, 6) is 0.0791. The Labute approximate surface area is 148 Å². The van der Waals surface area contributed by atoms with E-state index in [-0.39, 0.29) is 11.9 Å². The van der Waals surface area contributed by atoms with Gasteiger partial charge in [-0.25, -0.2) is 4.79 Å². The summed E-state index contributed by atoms with van der Waals surface area (Å²) in [4.78, 5) is 26.4. The molecule has 0 bridgehead atoms. The smallest absolute Gasteiger partial charge is 0.407 e. The molecule has 0 aliphatic heterocycles. The van der Waals surface area contributed by atoms with Gasteiger partial charge in [0.1, 0.15) is 5.60 Å². The minimum absolute atomic E-state index is 0.0791. The summed E-state index contributed by atoms with van der Waals surface area (Å²) in [6.45, 7) is 10.1. The molecule has 0 aromatic heterocycles. The fourth-order valence-electron chi connectivity index (χ4n) is 2.78. The monoisotopic (exact) mass is 390 g/mol. The number of amides is 2. The van der Waals surface area contributed by atoms with Gasteiger partial charge in [-0.05, 0) is 47.5 Å². The van der Waals surface area contributed by atoms with Crippen molar-refractivity contribution >= 4 is 27.9 Å². The Hall–Kier alpha value is -0.780. The van der Waals surface area contributed by atoms with Crippen LogP contribution in [0.1, 0.15) is 66.7 Å². The largest absolute Gasteiger partial charge is 0.444 e. The molecule has 6 heteroatoms. The second-order valence-electron chi connectivity index (χ2n) is 7.69. The molecule has 23 heavy (non-hydrogen) atoms. The number of carbonyl (C=O) groups is 2. The van der Waals surface area contributed by atoms with Crippen LogP contribution in [0.3, 0.4) is 0 Å². The number of hydrogen-bond donors (Lipinski definition) is 1. The molecular formula is C17H31BrN2O3. The molecule has 0 spiro atoms. The van der Waals surface area contributed by atoms with Gasteiger partial charge in [0.15, 0.2) is 0 Å². The fourth-order valence-corrected chi connectivity index (χ4v) is 3.00. The minimum Gasteiger partial charge on any atom is -0.444 e. The van der Waals surface area contributed by atoms with Crippen LogP contribution in [-0.4, -0.2) is 46.0 Å². The van der Waals surface area contributed by atoms with E-state index in [2.05, 4.69) is 21.2 Å². The van der Waals surface area contributed by atoms with E-state index in [0.717, 1.165) is 25.7 Å². The van der Waals surface area contributed by atoms with Crippen LogP contribution in [0.2, 0.25) is 0 Å². The van der Waals surface area contributed by atoms with Crippen LogP contribution in [-0.2, 0) is 9.53 Å². The van der Waals surface area contributed by atoms with Gasteiger partial charge in [0.2, 0.25) is 5.91 Å². The van der Waals surface area contributed by atoms with Crippen molar-refractivity contribution in [2.24, 2.45) is 0 Å². The van der Waals surface area contributed by atoms with E-state index in [1.807, 2.05) is 39.5 Å². The van der Waals surface area contributed by atoms with Crippen molar-refractivity contribution in [1.29, 1.82) is 0 Å².